The molecule has 0 bridgehead atoms. The van der Waals surface area contributed by atoms with Crippen LogP contribution < -0.4 is 5.32 Å². The number of halogens is 3. The van der Waals surface area contributed by atoms with E-state index in [1.165, 1.54) is 18.6 Å². The molecule has 1 N–H and O–H groups in total. The van der Waals surface area contributed by atoms with Crippen molar-refractivity contribution in [1.82, 2.24) is 9.97 Å². The smallest absolute Gasteiger partial charge is 0.433 e. The van der Waals surface area contributed by atoms with Crippen LogP contribution in [0.4, 0.5) is 24.5 Å². The number of alkyl halides is 3. The van der Waals surface area contributed by atoms with Gasteiger partial charge in [0.1, 0.15) is 5.69 Å². The lowest BCUT2D eigenvalue weighted by Gasteiger charge is -2.28. The van der Waals surface area contributed by atoms with Crippen LogP contribution in [0, 0.1) is 5.92 Å². The van der Waals surface area contributed by atoms with Gasteiger partial charge in [-0.1, -0.05) is 24.3 Å². The summed E-state index contributed by atoms with van der Waals surface area (Å²) in [4.78, 5) is 18.9. The van der Waals surface area contributed by atoms with Crippen molar-refractivity contribution in [2.45, 2.75) is 44.7 Å². The van der Waals surface area contributed by atoms with E-state index in [1.807, 2.05) is 12.1 Å². The van der Waals surface area contributed by atoms with E-state index in [1.54, 1.807) is 6.20 Å². The standard InChI is InChI=1S/C26H26F3N3O2/c1-17(33)34-16-18-2-4-19(5-3-18)20-6-8-21(9-7-20)24-12-10-22(14-30-24)32-23-11-13-25(31-15-23)26(27,28)29/h6-15,18-19,32H,2-5,16H2,1H3. The van der Waals surface area contributed by atoms with Crippen LogP contribution in [0.15, 0.2) is 60.9 Å². The Labute approximate surface area is 196 Å². The molecule has 2 heterocycles. The number of pyridine rings is 2. The minimum atomic E-state index is -4.46. The van der Waals surface area contributed by atoms with Crippen molar-refractivity contribution in [2.24, 2.45) is 5.92 Å². The van der Waals surface area contributed by atoms with Crippen molar-refractivity contribution < 1.29 is 22.7 Å². The van der Waals surface area contributed by atoms with Crippen molar-refractivity contribution in [1.29, 1.82) is 0 Å². The Hall–Kier alpha value is -3.42. The van der Waals surface area contributed by atoms with E-state index in [0.717, 1.165) is 49.2 Å². The fourth-order valence-electron chi connectivity index (χ4n) is 4.26. The van der Waals surface area contributed by atoms with Crippen molar-refractivity contribution in [3.8, 4) is 11.3 Å². The third-order valence-electron chi connectivity index (χ3n) is 6.15. The number of carbonyl (C=O) groups excluding carboxylic acids is 1. The number of aromatic nitrogens is 2. The van der Waals surface area contributed by atoms with Crippen LogP contribution in [0.2, 0.25) is 0 Å². The van der Waals surface area contributed by atoms with E-state index in [2.05, 4.69) is 39.6 Å². The Bertz CT molecular complexity index is 1090. The summed E-state index contributed by atoms with van der Waals surface area (Å²) < 4.78 is 43.1. The lowest BCUT2D eigenvalue weighted by Crippen LogP contribution is -2.19. The van der Waals surface area contributed by atoms with E-state index in [-0.39, 0.29) is 5.97 Å². The van der Waals surface area contributed by atoms with Crippen molar-refractivity contribution >= 4 is 17.3 Å². The molecule has 0 unspecified atom stereocenters. The maximum Gasteiger partial charge on any atom is 0.433 e. The number of carbonyl (C=O) groups is 1. The quantitative estimate of drug-likeness (QED) is 0.405. The number of hydrogen-bond acceptors (Lipinski definition) is 5. The zero-order chi connectivity index (χ0) is 24.1. The average Bonchev–Trinajstić information content (AvgIpc) is 2.83. The molecule has 1 aromatic carbocycles. The maximum absolute atomic E-state index is 12.6. The highest BCUT2D eigenvalue weighted by Crippen LogP contribution is 2.36. The van der Waals surface area contributed by atoms with E-state index in [4.69, 9.17) is 4.74 Å². The van der Waals surface area contributed by atoms with Gasteiger partial charge in [-0.25, -0.2) is 4.98 Å². The van der Waals surface area contributed by atoms with Gasteiger partial charge < -0.3 is 10.1 Å². The molecule has 0 spiro atoms. The molecule has 0 amide bonds. The molecule has 0 radical (unpaired) electrons. The molecule has 0 aliphatic heterocycles. The first-order chi connectivity index (χ1) is 16.3. The van der Waals surface area contributed by atoms with Gasteiger partial charge in [-0.05, 0) is 67.3 Å². The Balaban J connectivity index is 1.33. The van der Waals surface area contributed by atoms with E-state index < -0.39 is 11.9 Å². The molecule has 5 nitrogen and oxygen atoms in total. The highest BCUT2D eigenvalue weighted by Gasteiger charge is 2.32. The molecule has 34 heavy (non-hydrogen) atoms. The first-order valence-electron chi connectivity index (χ1n) is 11.3. The molecule has 1 aliphatic carbocycles. The number of nitrogens with one attached hydrogen (secondary N) is 1. The zero-order valence-corrected chi connectivity index (χ0v) is 18.8. The van der Waals surface area contributed by atoms with Gasteiger partial charge in [-0.15, -0.1) is 0 Å². The van der Waals surface area contributed by atoms with Crippen LogP contribution in [-0.2, 0) is 15.7 Å². The third-order valence-corrected chi connectivity index (χ3v) is 6.15. The summed E-state index contributed by atoms with van der Waals surface area (Å²) in [6, 6.07) is 14.4. The number of ether oxygens (including phenoxy) is 1. The summed E-state index contributed by atoms with van der Waals surface area (Å²) in [7, 11) is 0. The van der Waals surface area contributed by atoms with E-state index in [9.17, 15) is 18.0 Å². The largest absolute Gasteiger partial charge is 0.466 e. The summed E-state index contributed by atoms with van der Waals surface area (Å²) in [5, 5.41) is 3.01. The maximum atomic E-state index is 12.6. The number of hydrogen-bond donors (Lipinski definition) is 1. The van der Waals surface area contributed by atoms with Gasteiger partial charge in [0.2, 0.25) is 0 Å². The van der Waals surface area contributed by atoms with Crippen molar-refractivity contribution in [3.05, 3.63) is 72.2 Å². The van der Waals surface area contributed by atoms with Crippen molar-refractivity contribution in [2.75, 3.05) is 11.9 Å². The Morgan fingerprint density at radius 2 is 1.59 bits per heavy atom. The van der Waals surface area contributed by atoms with Crippen molar-refractivity contribution in [3.63, 3.8) is 0 Å². The van der Waals surface area contributed by atoms with Gasteiger partial charge in [-0.3, -0.25) is 9.78 Å². The fraction of sp³-hybridized carbons (Fsp3) is 0.346. The second-order valence-electron chi connectivity index (χ2n) is 8.63. The van der Waals surface area contributed by atoms with Crippen LogP contribution in [-0.4, -0.2) is 22.5 Å². The van der Waals surface area contributed by atoms with Gasteiger partial charge in [0.05, 0.1) is 36.1 Å². The normalized spacial score (nSPS) is 18.4. The third kappa shape index (κ3) is 6.12. The van der Waals surface area contributed by atoms with Gasteiger partial charge >= 0.3 is 12.1 Å². The minimum Gasteiger partial charge on any atom is -0.466 e. The number of benzene rings is 1. The van der Waals surface area contributed by atoms with E-state index >= 15 is 0 Å². The fourth-order valence-corrected chi connectivity index (χ4v) is 4.26. The molecule has 1 aliphatic rings. The monoisotopic (exact) mass is 469 g/mol. The Morgan fingerprint density at radius 1 is 0.941 bits per heavy atom. The minimum absolute atomic E-state index is 0.216. The first-order valence-corrected chi connectivity index (χ1v) is 11.3. The van der Waals surface area contributed by atoms with Gasteiger partial charge in [0, 0.05) is 12.5 Å². The number of anilines is 2. The molecule has 178 valence electrons. The summed E-state index contributed by atoms with van der Waals surface area (Å²) in [5.41, 5.74) is 3.30. The van der Waals surface area contributed by atoms with Gasteiger partial charge in [0.25, 0.3) is 0 Å². The molecule has 8 heteroatoms. The molecule has 1 saturated carbocycles. The molecule has 3 aromatic rings. The van der Waals surface area contributed by atoms with Crippen LogP contribution in [0.1, 0.15) is 49.8 Å². The summed E-state index contributed by atoms with van der Waals surface area (Å²) in [5.74, 6) is 0.750. The second kappa shape index (κ2) is 10.2. The Morgan fingerprint density at radius 3 is 2.12 bits per heavy atom. The predicted octanol–water partition coefficient (Wildman–Crippen LogP) is 6.74. The van der Waals surface area contributed by atoms with Crippen LogP contribution in [0.5, 0.6) is 0 Å². The summed E-state index contributed by atoms with van der Waals surface area (Å²) in [6.45, 7) is 1.97. The zero-order valence-electron chi connectivity index (χ0n) is 18.8. The highest BCUT2D eigenvalue weighted by molar-refractivity contribution is 5.66. The molecular weight excluding hydrogens is 443 g/mol. The number of nitrogens with zero attached hydrogens (tertiary/aromatic N) is 2. The predicted molar refractivity (Wildman–Crippen MR) is 124 cm³/mol. The highest BCUT2D eigenvalue weighted by atomic mass is 19.4. The molecule has 1 fully saturated rings. The van der Waals surface area contributed by atoms with Gasteiger partial charge in [0.15, 0.2) is 0 Å². The molecule has 2 aromatic heterocycles. The molecule has 0 saturated heterocycles. The van der Waals surface area contributed by atoms with E-state index in [0.29, 0.717) is 29.8 Å². The topological polar surface area (TPSA) is 64.1 Å². The Kier molecular flexibility index (Phi) is 7.14. The van der Waals surface area contributed by atoms with Crippen LogP contribution in [0.25, 0.3) is 11.3 Å². The number of esters is 1. The lowest BCUT2D eigenvalue weighted by atomic mass is 9.79. The average molecular weight is 470 g/mol. The van der Waals surface area contributed by atoms with Crippen LogP contribution in [0.3, 0.4) is 0 Å². The second-order valence-corrected chi connectivity index (χ2v) is 8.63. The lowest BCUT2D eigenvalue weighted by molar-refractivity contribution is -0.143. The summed E-state index contributed by atoms with van der Waals surface area (Å²) >= 11 is 0. The first kappa shape index (κ1) is 23.7. The SMILES string of the molecule is CC(=O)OCC1CCC(c2ccc(-c3ccc(Nc4ccc(C(F)(F)F)nc4)cn3)cc2)CC1. The van der Waals surface area contributed by atoms with Crippen LogP contribution >= 0.6 is 0 Å². The summed E-state index contributed by atoms with van der Waals surface area (Å²) in [6.07, 6.45) is 2.63. The number of rotatable bonds is 6. The van der Waals surface area contributed by atoms with Gasteiger partial charge in [-0.2, -0.15) is 13.2 Å². The molecule has 4 rings (SSSR count). The molecular formula is C26H26F3N3O2. The molecule has 0 atom stereocenters.